The number of nitrogens with zero attached hydrogens (tertiary/aromatic N) is 1. The Kier molecular flexibility index (Phi) is 4.49. The number of hydrogen-bond donors (Lipinski definition) is 0. The van der Waals surface area contributed by atoms with Crippen LogP contribution in [0.25, 0.3) is 0 Å². The smallest absolute Gasteiger partial charge is 0.424 e. The zero-order chi connectivity index (χ0) is 15.7. The van der Waals surface area contributed by atoms with Gasteiger partial charge in [0.05, 0.1) is 11.5 Å². The second-order valence-electron chi connectivity index (χ2n) is 3.41. The predicted octanol–water partition coefficient (Wildman–Crippen LogP) is 2.94. The van der Waals surface area contributed by atoms with E-state index < -0.39 is 42.0 Å². The first-order chi connectivity index (χ1) is 9.00. The van der Waals surface area contributed by atoms with E-state index >= 15 is 0 Å². The van der Waals surface area contributed by atoms with Crippen LogP contribution in [0.1, 0.15) is 12.5 Å². The first-order valence-electron chi connectivity index (χ1n) is 4.96. The molecule has 0 aliphatic carbocycles. The Balaban J connectivity index is 3.89. The summed E-state index contributed by atoms with van der Waals surface area (Å²) in [5.41, 5.74) is -3.37. The Morgan fingerprint density at radius 3 is 2.30 bits per heavy atom. The van der Waals surface area contributed by atoms with Crippen LogP contribution in [-0.4, -0.2) is 19.9 Å². The van der Waals surface area contributed by atoms with E-state index in [-0.39, 0.29) is 6.61 Å². The van der Waals surface area contributed by atoms with Crippen molar-refractivity contribution in [2.45, 2.75) is 18.0 Å². The van der Waals surface area contributed by atoms with Crippen molar-refractivity contribution in [2.24, 2.45) is 0 Å². The monoisotopic (exact) mass is 333 g/mol. The number of halogens is 4. The zero-order valence-corrected chi connectivity index (χ0v) is 11.3. The molecule has 0 aliphatic heterocycles. The minimum Gasteiger partial charge on any atom is -0.492 e. The van der Waals surface area contributed by atoms with E-state index in [4.69, 9.17) is 15.4 Å². The summed E-state index contributed by atoms with van der Waals surface area (Å²) in [6.45, 7) is 1.26. The summed E-state index contributed by atoms with van der Waals surface area (Å²) in [5, 5.41) is 10.6. The molecule has 1 aromatic carbocycles. The second-order valence-corrected chi connectivity index (χ2v) is 5.92. The summed E-state index contributed by atoms with van der Waals surface area (Å²) >= 11 is 0. The van der Waals surface area contributed by atoms with Crippen molar-refractivity contribution in [2.75, 3.05) is 6.61 Å². The molecule has 0 amide bonds. The van der Waals surface area contributed by atoms with Crippen LogP contribution in [0.4, 0.5) is 18.9 Å². The van der Waals surface area contributed by atoms with Gasteiger partial charge in [-0.15, -0.1) is 0 Å². The first kappa shape index (κ1) is 16.5. The van der Waals surface area contributed by atoms with E-state index in [1.165, 1.54) is 6.92 Å². The van der Waals surface area contributed by atoms with Crippen molar-refractivity contribution in [3.05, 3.63) is 27.8 Å². The molecule has 11 heteroatoms. The molecule has 0 spiro atoms. The average molecular weight is 334 g/mol. The summed E-state index contributed by atoms with van der Waals surface area (Å²) in [5.74, 6) is -0.694. The van der Waals surface area contributed by atoms with Gasteiger partial charge in [0.1, 0.15) is 10.6 Å². The lowest BCUT2D eigenvalue weighted by Gasteiger charge is -2.14. The number of ether oxygens (including phenoxy) is 1. The van der Waals surface area contributed by atoms with Gasteiger partial charge in [-0.25, -0.2) is 8.42 Å². The molecule has 0 aliphatic rings. The van der Waals surface area contributed by atoms with Crippen LogP contribution in [0.15, 0.2) is 17.0 Å². The van der Waals surface area contributed by atoms with E-state index in [2.05, 4.69) is 0 Å². The maximum atomic E-state index is 12.9. The molecule has 0 aromatic heterocycles. The summed E-state index contributed by atoms with van der Waals surface area (Å²) in [6, 6.07) is 1.27. The minimum atomic E-state index is -5.28. The van der Waals surface area contributed by atoms with Crippen LogP contribution in [-0.2, 0) is 15.2 Å². The molecule has 112 valence electrons. The van der Waals surface area contributed by atoms with Crippen LogP contribution in [0, 0.1) is 10.1 Å². The summed E-state index contributed by atoms with van der Waals surface area (Å²) in [6.07, 6.45) is -5.28. The largest absolute Gasteiger partial charge is 0.492 e. The average Bonchev–Trinajstić information content (AvgIpc) is 2.25. The third-order valence-corrected chi connectivity index (χ3v) is 3.48. The van der Waals surface area contributed by atoms with Gasteiger partial charge in [-0.3, -0.25) is 10.1 Å². The normalized spacial score (nSPS) is 12.2. The fraction of sp³-hybridized carbons (Fsp3) is 0.333. The van der Waals surface area contributed by atoms with Gasteiger partial charge in [0.25, 0.3) is 14.7 Å². The number of nitro benzene ring substituents is 1. The van der Waals surface area contributed by atoms with Crippen molar-refractivity contribution in [3.8, 4) is 5.75 Å². The van der Waals surface area contributed by atoms with E-state index in [0.29, 0.717) is 6.07 Å². The minimum absolute atomic E-state index is 0.144. The molecular weight excluding hydrogens is 327 g/mol. The number of rotatable bonds is 4. The molecule has 0 heterocycles. The van der Waals surface area contributed by atoms with E-state index in [1.807, 2.05) is 0 Å². The maximum Gasteiger partial charge on any atom is 0.424 e. The topological polar surface area (TPSA) is 86.5 Å². The zero-order valence-electron chi connectivity index (χ0n) is 9.77. The van der Waals surface area contributed by atoms with Gasteiger partial charge in [0.15, 0.2) is 5.56 Å². The van der Waals surface area contributed by atoms with Crippen molar-refractivity contribution in [3.63, 3.8) is 0 Å². The summed E-state index contributed by atoms with van der Waals surface area (Å²) in [4.78, 5) is 7.84. The molecule has 0 radical (unpaired) electrons. The molecule has 6 nitrogen and oxygen atoms in total. The third-order valence-electron chi connectivity index (χ3n) is 2.12. The molecule has 0 atom stereocenters. The Morgan fingerprint density at radius 1 is 1.40 bits per heavy atom. The first-order valence-corrected chi connectivity index (χ1v) is 7.27. The number of nitro groups is 1. The standard InChI is InChI=1S/C9H7ClF3NO5S/c1-2-19-6-4-3-5(14(15)16)7(9(11,12)13)8(6)20(10,17)18/h3-4H,2H2,1H3. The van der Waals surface area contributed by atoms with Crippen molar-refractivity contribution in [1.29, 1.82) is 0 Å². The molecule has 0 bridgehead atoms. The van der Waals surface area contributed by atoms with Crippen LogP contribution in [0.3, 0.4) is 0 Å². The van der Waals surface area contributed by atoms with Crippen molar-refractivity contribution < 1.29 is 31.2 Å². The predicted molar refractivity (Wildman–Crippen MR) is 62.3 cm³/mol. The van der Waals surface area contributed by atoms with Crippen LogP contribution >= 0.6 is 10.7 Å². The van der Waals surface area contributed by atoms with Crippen LogP contribution in [0.2, 0.25) is 0 Å². The summed E-state index contributed by atoms with van der Waals surface area (Å²) in [7, 11) is 0.0542. The molecule has 0 saturated carbocycles. The van der Waals surface area contributed by atoms with E-state index in [9.17, 15) is 31.7 Å². The Bertz CT molecular complexity index is 644. The molecule has 1 rings (SSSR count). The molecule has 1 aromatic rings. The quantitative estimate of drug-likeness (QED) is 0.480. The van der Waals surface area contributed by atoms with Gasteiger partial charge >= 0.3 is 6.18 Å². The fourth-order valence-corrected chi connectivity index (χ4v) is 2.78. The van der Waals surface area contributed by atoms with Gasteiger partial charge in [-0.2, -0.15) is 13.2 Å². The van der Waals surface area contributed by atoms with Gasteiger partial charge in [-0.05, 0) is 13.0 Å². The lowest BCUT2D eigenvalue weighted by molar-refractivity contribution is -0.388. The molecule has 20 heavy (non-hydrogen) atoms. The number of benzene rings is 1. The van der Waals surface area contributed by atoms with Gasteiger partial charge < -0.3 is 4.74 Å². The lowest BCUT2D eigenvalue weighted by Crippen LogP contribution is -2.15. The SMILES string of the molecule is CCOc1ccc([N+](=O)[O-])c(C(F)(F)F)c1S(=O)(=O)Cl. The summed E-state index contributed by atoms with van der Waals surface area (Å²) < 4.78 is 66.2. The third kappa shape index (κ3) is 3.31. The number of hydrogen-bond acceptors (Lipinski definition) is 5. The fourth-order valence-electron chi connectivity index (χ4n) is 1.49. The molecule has 0 unspecified atom stereocenters. The van der Waals surface area contributed by atoms with E-state index in [0.717, 1.165) is 6.07 Å². The molecule has 0 fully saturated rings. The maximum absolute atomic E-state index is 12.9. The second kappa shape index (κ2) is 5.44. The highest BCUT2D eigenvalue weighted by Gasteiger charge is 2.45. The highest BCUT2D eigenvalue weighted by Crippen LogP contribution is 2.45. The van der Waals surface area contributed by atoms with Gasteiger partial charge in [0.2, 0.25) is 0 Å². The van der Waals surface area contributed by atoms with Crippen molar-refractivity contribution in [1.82, 2.24) is 0 Å². The highest BCUT2D eigenvalue weighted by atomic mass is 35.7. The highest BCUT2D eigenvalue weighted by molar-refractivity contribution is 8.13. The van der Waals surface area contributed by atoms with Gasteiger partial charge in [0, 0.05) is 16.7 Å². The Morgan fingerprint density at radius 2 is 1.95 bits per heavy atom. The molecule has 0 N–H and O–H groups in total. The van der Waals surface area contributed by atoms with E-state index in [1.54, 1.807) is 0 Å². The Labute approximate surface area is 115 Å². The Hall–Kier alpha value is -1.55. The lowest BCUT2D eigenvalue weighted by atomic mass is 10.1. The van der Waals surface area contributed by atoms with Gasteiger partial charge in [-0.1, -0.05) is 0 Å². The van der Waals surface area contributed by atoms with Crippen LogP contribution in [0.5, 0.6) is 5.75 Å². The molecular formula is C9H7ClF3NO5S. The molecule has 0 saturated heterocycles. The number of alkyl halides is 3. The van der Waals surface area contributed by atoms with Crippen LogP contribution < -0.4 is 4.74 Å². The van der Waals surface area contributed by atoms with Crippen molar-refractivity contribution >= 4 is 25.4 Å².